The maximum absolute atomic E-state index is 6.37. The first-order valence-corrected chi connectivity index (χ1v) is 8.02. The summed E-state index contributed by atoms with van der Waals surface area (Å²) in [6.45, 7) is 8.50. The zero-order chi connectivity index (χ0) is 14.0. The van der Waals surface area contributed by atoms with Crippen LogP contribution >= 0.6 is 0 Å². The number of likely N-dealkylation sites (tertiary alicyclic amines) is 1. The van der Waals surface area contributed by atoms with Crippen LogP contribution < -0.4 is 5.73 Å². The van der Waals surface area contributed by atoms with Gasteiger partial charge in [0.05, 0.1) is 0 Å². The molecule has 2 N–H and O–H groups in total. The summed E-state index contributed by atoms with van der Waals surface area (Å²) < 4.78 is 0. The van der Waals surface area contributed by atoms with E-state index in [9.17, 15) is 0 Å². The van der Waals surface area contributed by atoms with Crippen LogP contribution in [-0.2, 0) is 0 Å². The highest BCUT2D eigenvalue weighted by molar-refractivity contribution is 4.89. The highest BCUT2D eigenvalue weighted by Crippen LogP contribution is 2.38. The van der Waals surface area contributed by atoms with Gasteiger partial charge in [0.2, 0.25) is 0 Å². The van der Waals surface area contributed by atoms with E-state index in [-0.39, 0.29) is 0 Å². The van der Waals surface area contributed by atoms with E-state index in [0.717, 1.165) is 6.04 Å². The molecule has 3 nitrogen and oxygen atoms in total. The van der Waals surface area contributed by atoms with E-state index in [2.05, 4.69) is 37.7 Å². The molecule has 0 bridgehead atoms. The molecular formula is C16H33N3. The fraction of sp³-hybridized carbons (Fsp3) is 1.00. The third-order valence-electron chi connectivity index (χ3n) is 5.41. The van der Waals surface area contributed by atoms with E-state index in [4.69, 9.17) is 5.73 Å². The second-order valence-electron chi connectivity index (χ2n) is 7.80. The van der Waals surface area contributed by atoms with Crippen LogP contribution in [0.1, 0.15) is 46.0 Å². The van der Waals surface area contributed by atoms with E-state index >= 15 is 0 Å². The van der Waals surface area contributed by atoms with Gasteiger partial charge < -0.3 is 15.5 Å². The summed E-state index contributed by atoms with van der Waals surface area (Å²) in [5.41, 5.74) is 6.86. The summed E-state index contributed by atoms with van der Waals surface area (Å²) in [7, 11) is 4.54. The van der Waals surface area contributed by atoms with E-state index in [1.54, 1.807) is 0 Å². The normalized spacial score (nSPS) is 33.8. The highest BCUT2D eigenvalue weighted by Gasteiger charge is 2.34. The van der Waals surface area contributed by atoms with Gasteiger partial charge in [-0.1, -0.05) is 13.8 Å². The molecular weight excluding hydrogens is 234 g/mol. The molecule has 2 unspecified atom stereocenters. The molecule has 1 saturated carbocycles. The Balaban J connectivity index is 1.85. The molecule has 0 aromatic heterocycles. The molecule has 0 amide bonds. The molecule has 0 spiro atoms. The average molecular weight is 267 g/mol. The zero-order valence-electron chi connectivity index (χ0n) is 13.4. The molecule has 1 aliphatic heterocycles. The van der Waals surface area contributed by atoms with Crippen molar-refractivity contribution in [1.82, 2.24) is 9.80 Å². The average Bonchev–Trinajstić information content (AvgIpc) is 2.34. The third-order valence-corrected chi connectivity index (χ3v) is 5.41. The minimum Gasteiger partial charge on any atom is -0.327 e. The number of nitrogens with zero attached hydrogens (tertiary/aromatic N) is 2. The Labute approximate surface area is 119 Å². The molecule has 1 saturated heterocycles. The van der Waals surface area contributed by atoms with Crippen molar-refractivity contribution in [2.75, 3.05) is 33.7 Å². The minimum absolute atomic E-state index is 0.418. The van der Waals surface area contributed by atoms with Crippen LogP contribution in [0.4, 0.5) is 0 Å². The molecule has 0 radical (unpaired) electrons. The maximum atomic E-state index is 6.37. The zero-order valence-corrected chi connectivity index (χ0v) is 13.4. The lowest BCUT2D eigenvalue weighted by atomic mass is 9.70. The molecule has 0 aromatic carbocycles. The third kappa shape index (κ3) is 4.17. The number of hydrogen-bond donors (Lipinski definition) is 1. The molecule has 112 valence electrons. The van der Waals surface area contributed by atoms with E-state index in [1.807, 2.05) is 0 Å². The molecule has 1 aliphatic carbocycles. The van der Waals surface area contributed by atoms with Crippen LogP contribution in [0.25, 0.3) is 0 Å². The van der Waals surface area contributed by atoms with Crippen molar-refractivity contribution in [3.63, 3.8) is 0 Å². The Morgan fingerprint density at radius 3 is 2.47 bits per heavy atom. The van der Waals surface area contributed by atoms with E-state index in [1.165, 1.54) is 51.7 Å². The fourth-order valence-electron chi connectivity index (χ4n) is 3.91. The van der Waals surface area contributed by atoms with Gasteiger partial charge in [-0.25, -0.2) is 0 Å². The number of piperidine rings is 1. The van der Waals surface area contributed by atoms with Crippen molar-refractivity contribution in [3.05, 3.63) is 0 Å². The lowest BCUT2D eigenvalue weighted by Crippen LogP contribution is -2.48. The van der Waals surface area contributed by atoms with Gasteiger partial charge in [-0.15, -0.1) is 0 Å². The molecule has 1 heterocycles. The van der Waals surface area contributed by atoms with Crippen LogP contribution in [-0.4, -0.2) is 55.6 Å². The Hall–Kier alpha value is -0.120. The van der Waals surface area contributed by atoms with Gasteiger partial charge in [-0.2, -0.15) is 0 Å². The smallest absolute Gasteiger partial charge is 0.0117 e. The lowest BCUT2D eigenvalue weighted by molar-refractivity contribution is 0.0847. The Bertz CT molecular complexity index is 282. The first-order chi connectivity index (χ1) is 8.87. The second kappa shape index (κ2) is 6.11. The van der Waals surface area contributed by atoms with Crippen molar-refractivity contribution in [3.8, 4) is 0 Å². The van der Waals surface area contributed by atoms with Gasteiger partial charge in [0.1, 0.15) is 0 Å². The van der Waals surface area contributed by atoms with Crippen LogP contribution in [0.2, 0.25) is 0 Å². The largest absolute Gasteiger partial charge is 0.327 e. The fourth-order valence-corrected chi connectivity index (χ4v) is 3.91. The molecule has 2 atom stereocenters. The molecule has 3 heteroatoms. The summed E-state index contributed by atoms with van der Waals surface area (Å²) in [4.78, 5) is 5.04. The lowest BCUT2D eigenvalue weighted by Gasteiger charge is -2.43. The predicted molar refractivity (Wildman–Crippen MR) is 82.2 cm³/mol. The van der Waals surface area contributed by atoms with Crippen LogP contribution in [0.5, 0.6) is 0 Å². The van der Waals surface area contributed by atoms with Crippen molar-refractivity contribution in [2.24, 2.45) is 17.1 Å². The van der Waals surface area contributed by atoms with Gasteiger partial charge in [-0.05, 0) is 70.6 Å². The van der Waals surface area contributed by atoms with E-state index < -0.39 is 0 Å². The van der Waals surface area contributed by atoms with Crippen molar-refractivity contribution < 1.29 is 0 Å². The quantitative estimate of drug-likeness (QED) is 0.850. The standard InChI is InChI=1S/C16H33N3/c1-16(2)8-5-15(17)13(11-16)12-19(4)14-6-9-18(3)10-7-14/h13-15H,5-12,17H2,1-4H3. The van der Waals surface area contributed by atoms with Gasteiger partial charge in [0.25, 0.3) is 0 Å². The summed E-state index contributed by atoms with van der Waals surface area (Å²) in [5.74, 6) is 0.688. The molecule has 19 heavy (non-hydrogen) atoms. The Morgan fingerprint density at radius 2 is 1.84 bits per heavy atom. The topological polar surface area (TPSA) is 32.5 Å². The van der Waals surface area contributed by atoms with E-state index in [0.29, 0.717) is 17.4 Å². The monoisotopic (exact) mass is 267 g/mol. The minimum atomic E-state index is 0.418. The number of rotatable bonds is 3. The number of nitrogens with two attached hydrogens (primary N) is 1. The molecule has 0 aromatic rings. The molecule has 2 fully saturated rings. The summed E-state index contributed by atoms with van der Waals surface area (Å²) in [6, 6.07) is 1.19. The van der Waals surface area contributed by atoms with Gasteiger partial charge >= 0.3 is 0 Å². The Morgan fingerprint density at radius 1 is 1.21 bits per heavy atom. The van der Waals surface area contributed by atoms with Crippen LogP contribution in [0, 0.1) is 11.3 Å². The Kier molecular flexibility index (Phi) is 4.91. The van der Waals surface area contributed by atoms with Crippen molar-refractivity contribution in [1.29, 1.82) is 0 Å². The summed E-state index contributed by atoms with van der Waals surface area (Å²) in [6.07, 6.45) is 6.43. The molecule has 2 rings (SSSR count). The summed E-state index contributed by atoms with van der Waals surface area (Å²) >= 11 is 0. The summed E-state index contributed by atoms with van der Waals surface area (Å²) in [5, 5.41) is 0. The first-order valence-electron chi connectivity index (χ1n) is 8.02. The highest BCUT2D eigenvalue weighted by atomic mass is 15.2. The van der Waals surface area contributed by atoms with Crippen molar-refractivity contribution in [2.45, 2.75) is 58.0 Å². The molecule has 2 aliphatic rings. The van der Waals surface area contributed by atoms with Gasteiger partial charge in [0.15, 0.2) is 0 Å². The van der Waals surface area contributed by atoms with Gasteiger partial charge in [0, 0.05) is 18.6 Å². The first kappa shape index (κ1) is 15.3. The maximum Gasteiger partial charge on any atom is 0.0117 e. The number of hydrogen-bond acceptors (Lipinski definition) is 3. The van der Waals surface area contributed by atoms with Crippen molar-refractivity contribution >= 4 is 0 Å². The van der Waals surface area contributed by atoms with Gasteiger partial charge in [-0.3, -0.25) is 0 Å². The van der Waals surface area contributed by atoms with Crippen LogP contribution in [0.3, 0.4) is 0 Å². The van der Waals surface area contributed by atoms with Crippen LogP contribution in [0.15, 0.2) is 0 Å². The predicted octanol–water partition coefficient (Wildman–Crippen LogP) is 2.17. The SMILES string of the molecule is CN1CCC(N(C)CC2CC(C)(C)CCC2N)CC1. The second-order valence-corrected chi connectivity index (χ2v) is 7.80.